The Labute approximate surface area is 162 Å². The number of benzene rings is 2. The molecule has 2 aliphatic rings. The molecule has 2 saturated carbocycles. The minimum atomic E-state index is -0.232. The van der Waals surface area contributed by atoms with E-state index >= 15 is 0 Å². The van der Waals surface area contributed by atoms with Crippen LogP contribution in [0.25, 0.3) is 0 Å². The number of carbonyl (C=O) groups excluding carboxylic acids is 1. The van der Waals surface area contributed by atoms with Crippen molar-refractivity contribution in [3.05, 3.63) is 71.8 Å². The summed E-state index contributed by atoms with van der Waals surface area (Å²) in [7, 11) is 0. The molecule has 0 spiro atoms. The minimum absolute atomic E-state index is 0.0691. The average molecular weight is 363 g/mol. The molecule has 2 aromatic carbocycles. The van der Waals surface area contributed by atoms with E-state index in [0.717, 1.165) is 19.3 Å². The number of hydrogen-bond donors (Lipinski definition) is 0. The summed E-state index contributed by atoms with van der Waals surface area (Å²) < 4.78 is 6.20. The van der Waals surface area contributed by atoms with Gasteiger partial charge in [0.25, 0.3) is 0 Å². The molecule has 2 heteroatoms. The summed E-state index contributed by atoms with van der Waals surface area (Å²) >= 11 is 0. The highest BCUT2D eigenvalue weighted by atomic mass is 16.5. The third-order valence-corrected chi connectivity index (χ3v) is 7.44. The number of Topliss-reactive ketones (excluding diaryl/α,β-unsaturated/α-hetero) is 1. The number of hydrogen-bond acceptors (Lipinski definition) is 2. The fourth-order valence-electron chi connectivity index (χ4n) is 5.84. The highest BCUT2D eigenvalue weighted by Gasteiger charge is 2.66. The van der Waals surface area contributed by atoms with E-state index in [1.54, 1.807) is 0 Å². The van der Waals surface area contributed by atoms with Gasteiger partial charge >= 0.3 is 0 Å². The van der Waals surface area contributed by atoms with Crippen molar-refractivity contribution >= 4 is 5.78 Å². The third-order valence-electron chi connectivity index (χ3n) is 7.44. The zero-order valence-electron chi connectivity index (χ0n) is 16.5. The van der Waals surface area contributed by atoms with Gasteiger partial charge in [-0.05, 0) is 47.6 Å². The molecule has 3 unspecified atom stereocenters. The normalized spacial score (nSPS) is 27.0. The lowest BCUT2D eigenvalue weighted by Gasteiger charge is -2.43. The lowest BCUT2D eigenvalue weighted by molar-refractivity contribution is -0.136. The van der Waals surface area contributed by atoms with Crippen molar-refractivity contribution < 1.29 is 9.53 Å². The molecule has 2 bridgehead atoms. The fourth-order valence-corrected chi connectivity index (χ4v) is 5.84. The van der Waals surface area contributed by atoms with Crippen LogP contribution in [0.2, 0.25) is 0 Å². The van der Waals surface area contributed by atoms with E-state index in [1.807, 2.05) is 18.2 Å². The van der Waals surface area contributed by atoms with Gasteiger partial charge in [0, 0.05) is 11.8 Å². The molecule has 2 nitrogen and oxygen atoms in total. The molecule has 0 aliphatic heterocycles. The summed E-state index contributed by atoms with van der Waals surface area (Å²) in [5, 5.41) is 0. The quantitative estimate of drug-likeness (QED) is 0.654. The summed E-state index contributed by atoms with van der Waals surface area (Å²) in [6.45, 7) is 5.90. The van der Waals surface area contributed by atoms with E-state index < -0.39 is 0 Å². The number of rotatable bonds is 7. The second-order valence-corrected chi connectivity index (χ2v) is 8.94. The van der Waals surface area contributed by atoms with Crippen molar-refractivity contribution in [3.63, 3.8) is 0 Å². The topological polar surface area (TPSA) is 26.3 Å². The van der Waals surface area contributed by atoms with Crippen molar-refractivity contribution in [1.29, 1.82) is 0 Å². The van der Waals surface area contributed by atoms with Crippen molar-refractivity contribution in [3.8, 4) is 0 Å². The van der Waals surface area contributed by atoms with Crippen LogP contribution in [0.4, 0.5) is 0 Å². The molecule has 2 aromatic rings. The first-order valence-corrected chi connectivity index (χ1v) is 10.2. The standard InChI is InChI=1S/C25H30O2/c1-24(2)21-13-14-25(24,23(26)16-21)22(15-19-9-5-3-6-10-19)18-27-17-20-11-7-4-8-12-20/h3-12,21-22H,13-18H2,1-2H3. The van der Waals surface area contributed by atoms with Gasteiger partial charge < -0.3 is 4.74 Å². The predicted molar refractivity (Wildman–Crippen MR) is 108 cm³/mol. The molecule has 2 aliphatic carbocycles. The molecule has 0 saturated heterocycles. The first-order chi connectivity index (χ1) is 13.0. The third kappa shape index (κ3) is 3.14. The fraction of sp³-hybridized carbons (Fsp3) is 0.480. The van der Waals surface area contributed by atoms with E-state index in [9.17, 15) is 4.79 Å². The van der Waals surface area contributed by atoms with E-state index in [2.05, 4.69) is 56.3 Å². The molecular weight excluding hydrogens is 332 g/mol. The predicted octanol–water partition coefficient (Wildman–Crippen LogP) is 5.46. The van der Waals surface area contributed by atoms with Gasteiger partial charge in [-0.1, -0.05) is 74.5 Å². The van der Waals surface area contributed by atoms with Gasteiger partial charge in [0.05, 0.1) is 13.2 Å². The molecule has 0 amide bonds. The smallest absolute Gasteiger partial charge is 0.140 e. The van der Waals surface area contributed by atoms with Gasteiger partial charge in [-0.3, -0.25) is 4.79 Å². The lowest BCUT2D eigenvalue weighted by Crippen LogP contribution is -2.45. The van der Waals surface area contributed by atoms with Crippen molar-refractivity contribution in [2.75, 3.05) is 6.61 Å². The molecule has 3 atom stereocenters. The van der Waals surface area contributed by atoms with Gasteiger partial charge in [-0.15, -0.1) is 0 Å². The van der Waals surface area contributed by atoms with Crippen molar-refractivity contribution in [2.24, 2.45) is 22.7 Å². The Morgan fingerprint density at radius 1 is 1.00 bits per heavy atom. The maximum Gasteiger partial charge on any atom is 0.140 e. The second kappa shape index (κ2) is 7.24. The van der Waals surface area contributed by atoms with Crippen LogP contribution in [0.3, 0.4) is 0 Å². The number of ketones is 1. The molecule has 2 fully saturated rings. The Balaban J connectivity index is 1.57. The summed E-state index contributed by atoms with van der Waals surface area (Å²) in [4.78, 5) is 13.2. The largest absolute Gasteiger partial charge is 0.376 e. The van der Waals surface area contributed by atoms with Crippen LogP contribution in [0.5, 0.6) is 0 Å². The second-order valence-electron chi connectivity index (χ2n) is 8.94. The maximum absolute atomic E-state index is 13.2. The van der Waals surface area contributed by atoms with Crippen molar-refractivity contribution in [2.45, 2.75) is 46.1 Å². The Bertz CT molecular complexity index is 780. The average Bonchev–Trinajstić information content (AvgIpc) is 3.04. The molecule has 4 rings (SSSR count). The van der Waals surface area contributed by atoms with Gasteiger partial charge in [0.2, 0.25) is 0 Å². The Morgan fingerprint density at radius 2 is 1.63 bits per heavy atom. The maximum atomic E-state index is 13.2. The zero-order valence-corrected chi connectivity index (χ0v) is 16.5. The van der Waals surface area contributed by atoms with Gasteiger partial charge in [-0.2, -0.15) is 0 Å². The molecular formula is C25H30O2. The Hall–Kier alpha value is -1.93. The lowest BCUT2D eigenvalue weighted by atomic mass is 9.60. The van der Waals surface area contributed by atoms with Gasteiger partial charge in [0.15, 0.2) is 0 Å². The number of fused-ring (bicyclic) bond motifs is 2. The van der Waals surface area contributed by atoms with Gasteiger partial charge in [0.1, 0.15) is 5.78 Å². The van der Waals surface area contributed by atoms with E-state index in [1.165, 1.54) is 17.5 Å². The van der Waals surface area contributed by atoms with Crippen LogP contribution in [0.15, 0.2) is 60.7 Å². The molecule has 0 N–H and O–H groups in total. The zero-order chi connectivity index (χ0) is 18.9. The SMILES string of the molecule is CC1(C)C2CCC1(C(COCc1ccccc1)Cc1ccccc1)C(=O)C2. The summed E-state index contributed by atoms with van der Waals surface area (Å²) in [5.41, 5.74) is 2.33. The highest BCUT2D eigenvalue weighted by Crippen LogP contribution is 2.67. The van der Waals surface area contributed by atoms with Gasteiger partial charge in [-0.25, -0.2) is 0 Å². The van der Waals surface area contributed by atoms with E-state index in [4.69, 9.17) is 4.74 Å². The Kier molecular flexibility index (Phi) is 4.94. The van der Waals surface area contributed by atoms with Crippen LogP contribution in [0.1, 0.15) is 44.2 Å². The molecule has 0 heterocycles. The summed E-state index contributed by atoms with van der Waals surface area (Å²) in [6.07, 6.45) is 3.88. The van der Waals surface area contributed by atoms with Crippen molar-refractivity contribution in [1.82, 2.24) is 0 Å². The number of carbonyl (C=O) groups is 1. The van der Waals surface area contributed by atoms with Crippen LogP contribution in [-0.4, -0.2) is 12.4 Å². The summed E-state index contributed by atoms with van der Waals surface area (Å²) in [5.74, 6) is 1.25. The molecule has 27 heavy (non-hydrogen) atoms. The molecule has 142 valence electrons. The monoisotopic (exact) mass is 362 g/mol. The Morgan fingerprint density at radius 3 is 2.19 bits per heavy atom. The minimum Gasteiger partial charge on any atom is -0.376 e. The molecule has 0 aromatic heterocycles. The molecule has 0 radical (unpaired) electrons. The highest BCUT2D eigenvalue weighted by molar-refractivity contribution is 5.90. The summed E-state index contributed by atoms with van der Waals surface area (Å²) in [6, 6.07) is 20.9. The van der Waals surface area contributed by atoms with E-state index in [-0.39, 0.29) is 16.7 Å². The van der Waals surface area contributed by atoms with Crippen LogP contribution >= 0.6 is 0 Å². The van der Waals surface area contributed by atoms with Crippen LogP contribution in [-0.2, 0) is 22.6 Å². The van der Waals surface area contributed by atoms with Crippen LogP contribution in [0, 0.1) is 22.7 Å². The first kappa shape index (κ1) is 18.4. The van der Waals surface area contributed by atoms with Crippen LogP contribution < -0.4 is 0 Å². The number of ether oxygens (including phenoxy) is 1. The van der Waals surface area contributed by atoms with E-state index in [0.29, 0.717) is 24.9 Å². The first-order valence-electron chi connectivity index (χ1n) is 10.2.